The Labute approximate surface area is 96.4 Å². The van der Waals surface area contributed by atoms with Crippen molar-refractivity contribution >= 4 is 11.9 Å². The number of hydrogen-bond donors (Lipinski definition) is 2. The molecule has 0 unspecified atom stereocenters. The highest BCUT2D eigenvalue weighted by Gasteiger charge is 2.40. The number of carboxylic acid groups (broad SMARTS) is 1. The summed E-state index contributed by atoms with van der Waals surface area (Å²) in [6.45, 7) is 5.82. The summed E-state index contributed by atoms with van der Waals surface area (Å²) >= 11 is 0. The molecule has 1 saturated carbocycles. The van der Waals surface area contributed by atoms with Crippen molar-refractivity contribution in [2.75, 3.05) is 0 Å². The van der Waals surface area contributed by atoms with Gasteiger partial charge in [-0.3, -0.25) is 9.59 Å². The van der Waals surface area contributed by atoms with E-state index in [1.54, 1.807) is 0 Å². The molecule has 1 rings (SSSR count). The van der Waals surface area contributed by atoms with Crippen LogP contribution in [-0.2, 0) is 9.59 Å². The number of carbonyl (C=O) groups excluding carboxylic acids is 1. The number of aliphatic carboxylic acids is 1. The highest BCUT2D eigenvalue weighted by Crippen LogP contribution is 2.41. The summed E-state index contributed by atoms with van der Waals surface area (Å²) in [4.78, 5) is 22.0. The number of carboxylic acids is 1. The van der Waals surface area contributed by atoms with Gasteiger partial charge in [0.05, 0.1) is 12.0 Å². The topological polar surface area (TPSA) is 66.4 Å². The number of carbonyl (C=O) groups is 2. The summed E-state index contributed by atoms with van der Waals surface area (Å²) < 4.78 is 0. The van der Waals surface area contributed by atoms with Crippen molar-refractivity contribution in [3.05, 3.63) is 0 Å². The Morgan fingerprint density at radius 3 is 2.06 bits per heavy atom. The van der Waals surface area contributed by atoms with Crippen LogP contribution in [0.4, 0.5) is 0 Å². The van der Waals surface area contributed by atoms with Crippen LogP contribution in [0.5, 0.6) is 0 Å². The molecular weight excluding hydrogens is 206 g/mol. The minimum atomic E-state index is -0.839. The van der Waals surface area contributed by atoms with Gasteiger partial charge < -0.3 is 10.4 Å². The zero-order valence-corrected chi connectivity index (χ0v) is 10.3. The van der Waals surface area contributed by atoms with Crippen molar-refractivity contribution in [1.29, 1.82) is 0 Å². The monoisotopic (exact) mass is 227 g/mol. The van der Waals surface area contributed by atoms with Crippen molar-refractivity contribution in [2.24, 2.45) is 5.41 Å². The van der Waals surface area contributed by atoms with Gasteiger partial charge in [-0.25, -0.2) is 0 Å². The average Bonchev–Trinajstić information content (AvgIpc) is 2.09. The van der Waals surface area contributed by atoms with Gasteiger partial charge in [0.25, 0.3) is 0 Å². The molecule has 16 heavy (non-hydrogen) atoms. The van der Waals surface area contributed by atoms with E-state index in [9.17, 15) is 9.59 Å². The Balaban J connectivity index is 2.73. The molecule has 0 saturated heterocycles. The van der Waals surface area contributed by atoms with Gasteiger partial charge in [0.15, 0.2) is 0 Å². The largest absolute Gasteiger partial charge is 0.481 e. The van der Waals surface area contributed by atoms with Gasteiger partial charge in [0.1, 0.15) is 0 Å². The number of nitrogens with one attached hydrogen (secondary N) is 1. The van der Waals surface area contributed by atoms with Crippen LogP contribution in [0, 0.1) is 5.41 Å². The lowest BCUT2D eigenvalue weighted by Gasteiger charge is -2.43. The van der Waals surface area contributed by atoms with Crippen molar-refractivity contribution in [3.8, 4) is 0 Å². The van der Waals surface area contributed by atoms with Crippen LogP contribution in [0.3, 0.4) is 0 Å². The summed E-state index contributed by atoms with van der Waals surface area (Å²) in [5.74, 6) is -0.977. The third-order valence-corrected chi connectivity index (χ3v) is 3.49. The van der Waals surface area contributed by atoms with Crippen LogP contribution in [0.15, 0.2) is 0 Å². The molecule has 92 valence electrons. The molecule has 0 heterocycles. The van der Waals surface area contributed by atoms with Crippen molar-refractivity contribution in [2.45, 2.75) is 58.4 Å². The zero-order chi connectivity index (χ0) is 12.4. The fourth-order valence-corrected chi connectivity index (χ4v) is 2.41. The van der Waals surface area contributed by atoms with Gasteiger partial charge in [0, 0.05) is 6.92 Å². The third-order valence-electron chi connectivity index (χ3n) is 3.49. The highest BCUT2D eigenvalue weighted by molar-refractivity contribution is 5.76. The van der Waals surface area contributed by atoms with Gasteiger partial charge in [0.2, 0.25) is 5.91 Å². The van der Waals surface area contributed by atoms with E-state index < -0.39 is 11.5 Å². The minimum absolute atomic E-state index is 0.0304. The van der Waals surface area contributed by atoms with Gasteiger partial charge >= 0.3 is 5.97 Å². The van der Waals surface area contributed by atoms with Crippen LogP contribution in [0.2, 0.25) is 0 Å². The van der Waals surface area contributed by atoms with E-state index in [0.29, 0.717) is 0 Å². The molecule has 0 aliphatic heterocycles. The Bertz CT molecular complexity index is 269. The fourth-order valence-electron chi connectivity index (χ4n) is 2.41. The quantitative estimate of drug-likeness (QED) is 0.774. The lowest BCUT2D eigenvalue weighted by molar-refractivity contribution is -0.140. The Morgan fingerprint density at radius 2 is 1.69 bits per heavy atom. The van der Waals surface area contributed by atoms with Gasteiger partial charge in [-0.1, -0.05) is 13.8 Å². The van der Waals surface area contributed by atoms with Crippen LogP contribution in [0.1, 0.15) is 52.9 Å². The molecule has 0 bridgehead atoms. The average molecular weight is 227 g/mol. The molecule has 0 atom stereocenters. The second-order valence-corrected chi connectivity index (χ2v) is 5.70. The van der Waals surface area contributed by atoms with Crippen LogP contribution >= 0.6 is 0 Å². The molecule has 0 aromatic carbocycles. The van der Waals surface area contributed by atoms with Crippen LogP contribution < -0.4 is 5.32 Å². The maximum atomic E-state index is 11.2. The fraction of sp³-hybridized carbons (Fsp3) is 0.833. The smallest absolute Gasteiger partial charge is 0.305 e. The Morgan fingerprint density at radius 1 is 1.19 bits per heavy atom. The maximum Gasteiger partial charge on any atom is 0.305 e. The Hall–Kier alpha value is -1.06. The lowest BCUT2D eigenvalue weighted by atomic mass is 9.68. The summed E-state index contributed by atoms with van der Waals surface area (Å²) in [5.41, 5.74) is -0.256. The molecule has 2 N–H and O–H groups in total. The zero-order valence-electron chi connectivity index (χ0n) is 10.3. The Kier molecular flexibility index (Phi) is 3.61. The summed E-state index contributed by atoms with van der Waals surface area (Å²) in [6, 6.07) is 0. The van der Waals surface area contributed by atoms with Crippen LogP contribution in [-0.4, -0.2) is 22.5 Å². The molecule has 0 radical (unpaired) electrons. The summed E-state index contributed by atoms with van der Waals surface area (Å²) in [7, 11) is 0. The van der Waals surface area contributed by atoms with E-state index in [4.69, 9.17) is 5.11 Å². The van der Waals surface area contributed by atoms with E-state index in [0.717, 1.165) is 25.7 Å². The van der Waals surface area contributed by atoms with Gasteiger partial charge in [-0.05, 0) is 31.1 Å². The number of rotatable bonds is 3. The van der Waals surface area contributed by atoms with Gasteiger partial charge in [-0.2, -0.15) is 0 Å². The molecule has 4 nitrogen and oxygen atoms in total. The first-order valence-electron chi connectivity index (χ1n) is 5.75. The molecule has 1 fully saturated rings. The number of amides is 1. The summed E-state index contributed by atoms with van der Waals surface area (Å²) in [5, 5.41) is 11.8. The summed E-state index contributed by atoms with van der Waals surface area (Å²) in [6.07, 6.45) is 3.46. The second kappa shape index (κ2) is 4.44. The third kappa shape index (κ3) is 3.51. The van der Waals surface area contributed by atoms with Crippen molar-refractivity contribution in [1.82, 2.24) is 5.32 Å². The first-order chi connectivity index (χ1) is 7.25. The molecule has 0 spiro atoms. The lowest BCUT2D eigenvalue weighted by Crippen LogP contribution is -2.52. The predicted molar refractivity (Wildman–Crippen MR) is 61.0 cm³/mol. The minimum Gasteiger partial charge on any atom is -0.481 e. The predicted octanol–water partition coefficient (Wildman–Crippen LogP) is 1.94. The van der Waals surface area contributed by atoms with Crippen molar-refractivity contribution < 1.29 is 14.7 Å². The van der Waals surface area contributed by atoms with Gasteiger partial charge in [-0.15, -0.1) is 0 Å². The molecule has 1 aliphatic carbocycles. The maximum absolute atomic E-state index is 11.2. The normalized spacial score (nSPS) is 22.4. The first-order valence-corrected chi connectivity index (χ1v) is 5.75. The van der Waals surface area contributed by atoms with E-state index in [1.807, 2.05) is 0 Å². The standard InChI is InChI=1S/C12H21NO3/c1-9(14)13-12(8-10(15)16)6-4-11(2,3)5-7-12/h4-8H2,1-3H3,(H,13,14)(H,15,16). The second-order valence-electron chi connectivity index (χ2n) is 5.70. The van der Waals surface area contributed by atoms with E-state index >= 15 is 0 Å². The molecule has 1 aliphatic rings. The van der Waals surface area contributed by atoms with E-state index in [-0.39, 0.29) is 17.7 Å². The molecular formula is C12H21NO3. The first kappa shape index (κ1) is 13.0. The van der Waals surface area contributed by atoms with E-state index in [2.05, 4.69) is 19.2 Å². The number of hydrogen-bond acceptors (Lipinski definition) is 2. The molecule has 0 aromatic rings. The molecule has 0 aromatic heterocycles. The van der Waals surface area contributed by atoms with Crippen LogP contribution in [0.25, 0.3) is 0 Å². The molecule has 4 heteroatoms. The van der Waals surface area contributed by atoms with E-state index in [1.165, 1.54) is 6.92 Å². The van der Waals surface area contributed by atoms with Crippen molar-refractivity contribution in [3.63, 3.8) is 0 Å². The SMILES string of the molecule is CC(=O)NC1(CC(=O)O)CCC(C)(C)CC1. The molecule has 1 amide bonds. The highest BCUT2D eigenvalue weighted by atomic mass is 16.4.